The van der Waals surface area contributed by atoms with Crippen LogP contribution in [0, 0.1) is 0 Å². The molecular formula is C11H14F3N3OS. The first kappa shape index (κ1) is 14.2. The molecule has 1 aliphatic heterocycles. The topological polar surface area (TPSA) is 49.0 Å². The summed E-state index contributed by atoms with van der Waals surface area (Å²) in [5.41, 5.74) is 1.41. The highest BCUT2D eigenvalue weighted by atomic mass is 32.2. The number of carbonyl (C=O) groups excluding carboxylic acids is 1. The summed E-state index contributed by atoms with van der Waals surface area (Å²) in [5.74, 6) is 0.476. The Kier molecular flexibility index (Phi) is 4.38. The number of H-pyrrole nitrogens is 1. The second-order valence-electron chi connectivity index (χ2n) is 4.28. The minimum atomic E-state index is -4.10. The smallest absolute Gasteiger partial charge is 0.337 e. The van der Waals surface area contributed by atoms with Gasteiger partial charge in [0.25, 0.3) is 5.91 Å². The molecule has 0 unspecified atom stereocenters. The van der Waals surface area contributed by atoms with Crippen molar-refractivity contribution >= 4 is 17.7 Å². The van der Waals surface area contributed by atoms with Crippen LogP contribution in [-0.2, 0) is 6.42 Å². The van der Waals surface area contributed by atoms with Gasteiger partial charge in [-0.15, -0.1) is 0 Å². The van der Waals surface area contributed by atoms with E-state index in [1.807, 2.05) is 0 Å². The van der Waals surface area contributed by atoms with Gasteiger partial charge in [-0.1, -0.05) is 0 Å². The van der Waals surface area contributed by atoms with Crippen molar-refractivity contribution in [2.75, 3.05) is 24.6 Å². The molecule has 8 heteroatoms. The summed E-state index contributed by atoms with van der Waals surface area (Å²) in [6, 6.07) is 0. The number of rotatable bonds is 5. The van der Waals surface area contributed by atoms with Gasteiger partial charge in [0.1, 0.15) is 0 Å². The van der Waals surface area contributed by atoms with Crippen LogP contribution in [0.5, 0.6) is 0 Å². The molecule has 2 rings (SSSR count). The number of nitrogens with one attached hydrogen (secondary N) is 1. The molecule has 0 saturated heterocycles. The van der Waals surface area contributed by atoms with Gasteiger partial charge in [-0.25, -0.2) is 0 Å². The highest BCUT2D eigenvalue weighted by Gasteiger charge is 2.27. The third kappa shape index (κ3) is 3.89. The maximum absolute atomic E-state index is 12.0. The van der Waals surface area contributed by atoms with Crippen molar-refractivity contribution in [2.24, 2.45) is 0 Å². The van der Waals surface area contributed by atoms with Crippen LogP contribution < -0.4 is 0 Å². The molecule has 106 valence electrons. The summed E-state index contributed by atoms with van der Waals surface area (Å²) < 4.78 is 35.8. The van der Waals surface area contributed by atoms with Crippen LogP contribution in [0.25, 0.3) is 0 Å². The lowest BCUT2D eigenvalue weighted by molar-refractivity contribution is -0.129. The van der Waals surface area contributed by atoms with E-state index in [4.69, 9.17) is 0 Å². The van der Waals surface area contributed by atoms with Crippen molar-refractivity contribution in [1.29, 1.82) is 0 Å². The monoisotopic (exact) mass is 293 g/mol. The van der Waals surface area contributed by atoms with Gasteiger partial charge in [0, 0.05) is 36.7 Å². The molecule has 1 aliphatic rings. The quantitative estimate of drug-likeness (QED) is 0.846. The second kappa shape index (κ2) is 5.85. The Morgan fingerprint density at radius 1 is 1.42 bits per heavy atom. The van der Waals surface area contributed by atoms with Gasteiger partial charge in [-0.2, -0.15) is 30.0 Å². The SMILES string of the molecule is O=C1c2cn[nH]c2CCN1CCSCCC(F)(F)F. The Morgan fingerprint density at radius 2 is 2.21 bits per heavy atom. The zero-order valence-electron chi connectivity index (χ0n) is 10.2. The number of alkyl halides is 3. The van der Waals surface area contributed by atoms with Gasteiger partial charge in [-0.05, 0) is 0 Å². The van der Waals surface area contributed by atoms with E-state index in [-0.39, 0.29) is 11.7 Å². The largest absolute Gasteiger partial charge is 0.389 e. The molecule has 0 radical (unpaired) electrons. The second-order valence-corrected chi connectivity index (χ2v) is 5.51. The van der Waals surface area contributed by atoms with Gasteiger partial charge in [0.15, 0.2) is 0 Å². The molecule has 0 fully saturated rings. The minimum Gasteiger partial charge on any atom is -0.337 e. The Labute approximate surface area is 112 Å². The minimum absolute atomic E-state index is 0.0441. The molecule has 0 spiro atoms. The molecule has 2 heterocycles. The first-order chi connectivity index (χ1) is 8.97. The Hall–Kier alpha value is -1.18. The van der Waals surface area contributed by atoms with Crippen molar-refractivity contribution in [3.8, 4) is 0 Å². The van der Waals surface area contributed by atoms with Gasteiger partial charge >= 0.3 is 6.18 Å². The molecule has 1 aromatic rings. The molecule has 4 nitrogen and oxygen atoms in total. The Balaban J connectivity index is 1.72. The average molecular weight is 293 g/mol. The third-order valence-corrected chi connectivity index (χ3v) is 3.87. The van der Waals surface area contributed by atoms with Gasteiger partial charge in [0.05, 0.1) is 18.2 Å². The van der Waals surface area contributed by atoms with E-state index in [1.54, 1.807) is 4.90 Å². The summed E-state index contributed by atoms with van der Waals surface area (Å²) in [6.07, 6.45) is -2.66. The van der Waals surface area contributed by atoms with Crippen LogP contribution in [0.15, 0.2) is 6.20 Å². The van der Waals surface area contributed by atoms with E-state index in [0.29, 0.717) is 30.8 Å². The summed E-state index contributed by atoms with van der Waals surface area (Å²) >= 11 is 1.22. The van der Waals surface area contributed by atoms with Crippen molar-refractivity contribution in [1.82, 2.24) is 15.1 Å². The lowest BCUT2D eigenvalue weighted by atomic mass is 10.1. The number of carbonyl (C=O) groups is 1. The zero-order chi connectivity index (χ0) is 13.9. The average Bonchev–Trinajstić information content (AvgIpc) is 2.79. The van der Waals surface area contributed by atoms with Gasteiger partial charge < -0.3 is 4.90 Å². The molecule has 0 aliphatic carbocycles. The van der Waals surface area contributed by atoms with Crippen LogP contribution in [0.1, 0.15) is 22.5 Å². The fourth-order valence-corrected chi connectivity index (χ4v) is 2.81. The fraction of sp³-hybridized carbons (Fsp3) is 0.636. The van der Waals surface area contributed by atoms with Gasteiger partial charge in [0.2, 0.25) is 0 Å². The van der Waals surface area contributed by atoms with E-state index in [9.17, 15) is 18.0 Å². The number of hydrogen-bond donors (Lipinski definition) is 1. The van der Waals surface area contributed by atoms with Crippen LogP contribution in [0.3, 0.4) is 0 Å². The van der Waals surface area contributed by atoms with E-state index >= 15 is 0 Å². The van der Waals surface area contributed by atoms with Crippen molar-refractivity contribution in [3.63, 3.8) is 0 Å². The van der Waals surface area contributed by atoms with Gasteiger partial charge in [-0.3, -0.25) is 9.89 Å². The third-order valence-electron chi connectivity index (χ3n) is 2.90. The number of nitrogens with zero attached hydrogens (tertiary/aromatic N) is 2. The standard InChI is InChI=1S/C11H14F3N3OS/c12-11(13,14)2-5-19-6-4-17-3-1-9-8(10(17)18)7-15-16-9/h7H,1-6H2,(H,15,16). The lowest BCUT2D eigenvalue weighted by Crippen LogP contribution is -2.38. The van der Waals surface area contributed by atoms with Crippen LogP contribution >= 0.6 is 11.8 Å². The molecule has 0 atom stereocenters. The van der Waals surface area contributed by atoms with E-state index in [0.717, 1.165) is 5.69 Å². The predicted molar refractivity (Wildman–Crippen MR) is 66.2 cm³/mol. The summed E-state index contributed by atoms with van der Waals surface area (Å²) in [4.78, 5) is 13.6. The Bertz CT molecular complexity index is 447. The van der Waals surface area contributed by atoms with Crippen molar-refractivity contribution in [2.45, 2.75) is 19.0 Å². The van der Waals surface area contributed by atoms with E-state index < -0.39 is 12.6 Å². The molecule has 1 amide bonds. The summed E-state index contributed by atoms with van der Waals surface area (Å²) in [5, 5.41) is 6.60. The van der Waals surface area contributed by atoms with E-state index in [1.165, 1.54) is 18.0 Å². The molecule has 1 aromatic heterocycles. The highest BCUT2D eigenvalue weighted by Crippen LogP contribution is 2.22. The number of thioether (sulfide) groups is 1. The maximum Gasteiger partial charge on any atom is 0.389 e. The number of fused-ring (bicyclic) bond motifs is 1. The summed E-state index contributed by atoms with van der Waals surface area (Å²) in [7, 11) is 0. The molecule has 0 bridgehead atoms. The molecular weight excluding hydrogens is 279 g/mol. The highest BCUT2D eigenvalue weighted by molar-refractivity contribution is 7.99. The number of halogens is 3. The summed E-state index contributed by atoms with van der Waals surface area (Å²) in [6.45, 7) is 1.07. The zero-order valence-corrected chi connectivity index (χ0v) is 11.0. The number of hydrogen-bond acceptors (Lipinski definition) is 3. The number of aromatic amines is 1. The first-order valence-corrected chi connectivity index (χ1v) is 7.09. The Morgan fingerprint density at radius 3 is 2.95 bits per heavy atom. The molecule has 0 aromatic carbocycles. The van der Waals surface area contributed by atoms with Crippen molar-refractivity contribution in [3.05, 3.63) is 17.5 Å². The first-order valence-electron chi connectivity index (χ1n) is 5.93. The number of aromatic nitrogens is 2. The van der Waals surface area contributed by atoms with Crippen LogP contribution in [0.2, 0.25) is 0 Å². The predicted octanol–water partition coefficient (Wildman–Crippen LogP) is 2.09. The normalized spacial score (nSPS) is 15.7. The van der Waals surface area contributed by atoms with E-state index in [2.05, 4.69) is 10.2 Å². The van der Waals surface area contributed by atoms with Crippen LogP contribution in [-0.4, -0.2) is 51.8 Å². The molecule has 0 saturated carbocycles. The van der Waals surface area contributed by atoms with Crippen molar-refractivity contribution < 1.29 is 18.0 Å². The van der Waals surface area contributed by atoms with Crippen LogP contribution in [0.4, 0.5) is 13.2 Å². The number of amides is 1. The lowest BCUT2D eigenvalue weighted by Gasteiger charge is -2.26. The fourth-order valence-electron chi connectivity index (χ4n) is 1.88. The molecule has 1 N–H and O–H groups in total. The maximum atomic E-state index is 12.0. The molecule has 19 heavy (non-hydrogen) atoms.